The van der Waals surface area contributed by atoms with Gasteiger partial charge in [-0.15, -0.1) is 0 Å². The number of carbonyl (C=O) groups excluding carboxylic acids is 1. The van der Waals surface area contributed by atoms with Crippen molar-refractivity contribution in [2.45, 2.75) is 19.4 Å². The third kappa shape index (κ3) is 4.90. The Kier molecular flexibility index (Phi) is 6.36. The Balaban J connectivity index is 1.45. The molecule has 5 heteroatoms. The number of para-hydroxylation sites is 1. The van der Waals surface area contributed by atoms with E-state index in [0.717, 1.165) is 39.1 Å². The number of nitrogens with zero attached hydrogens (tertiary/aromatic N) is 2. The number of anilines is 1. The lowest BCUT2D eigenvalue weighted by Crippen LogP contribution is -2.53. The van der Waals surface area contributed by atoms with Crippen LogP contribution in [-0.4, -0.2) is 54.5 Å². The summed E-state index contributed by atoms with van der Waals surface area (Å²) in [6.07, 6.45) is 1.05. The third-order valence-corrected chi connectivity index (χ3v) is 5.03. The van der Waals surface area contributed by atoms with Crippen molar-refractivity contribution >= 4 is 11.6 Å². The monoisotopic (exact) mass is 355 g/mol. The van der Waals surface area contributed by atoms with Gasteiger partial charge < -0.3 is 10.2 Å². The fraction of sp³-hybridized carbons (Fsp3) is 0.381. The second-order valence-corrected chi connectivity index (χ2v) is 6.76. The smallest absolute Gasteiger partial charge is 0.241 e. The summed E-state index contributed by atoms with van der Waals surface area (Å²) >= 11 is 0. The Bertz CT molecular complexity index is 714. The largest absolute Gasteiger partial charge is 0.322 e. The molecule has 1 aliphatic rings. The first kappa shape index (κ1) is 18.5. The molecule has 1 aliphatic heterocycles. The van der Waals surface area contributed by atoms with Crippen LogP contribution in [0.15, 0.2) is 54.6 Å². The normalized spacial score (nSPS) is 17.0. The first-order chi connectivity index (χ1) is 12.6. The zero-order valence-corrected chi connectivity index (χ0v) is 15.2. The molecule has 0 saturated carbocycles. The van der Waals surface area contributed by atoms with Gasteiger partial charge in [-0.05, 0) is 31.0 Å². The molecule has 2 aromatic carbocycles. The van der Waals surface area contributed by atoms with Crippen molar-refractivity contribution in [2.24, 2.45) is 0 Å². The van der Waals surface area contributed by atoms with E-state index in [-0.39, 0.29) is 17.6 Å². The van der Waals surface area contributed by atoms with Gasteiger partial charge >= 0.3 is 0 Å². The molecule has 1 heterocycles. The molecule has 0 spiro atoms. The standard InChI is InChI=1S/C21H26FN3O/c1-17(21(26)23-20-10-6-5-9-19(20)22)25-15-13-24(14-16-25)12-11-18-7-3-2-4-8-18/h2-10,17H,11-16H2,1H3,(H,23,26)/t17-/m1/s1. The summed E-state index contributed by atoms with van der Waals surface area (Å²) < 4.78 is 13.7. The first-order valence-electron chi connectivity index (χ1n) is 9.19. The van der Waals surface area contributed by atoms with E-state index in [4.69, 9.17) is 0 Å². The molecule has 4 nitrogen and oxygen atoms in total. The third-order valence-electron chi connectivity index (χ3n) is 5.03. The zero-order valence-electron chi connectivity index (χ0n) is 15.2. The average Bonchev–Trinajstić information content (AvgIpc) is 2.69. The molecule has 1 atom stereocenters. The van der Waals surface area contributed by atoms with Gasteiger partial charge in [0.15, 0.2) is 0 Å². The summed E-state index contributed by atoms with van der Waals surface area (Å²) in [5.41, 5.74) is 1.60. The Hall–Kier alpha value is -2.24. The number of nitrogens with one attached hydrogen (secondary N) is 1. The van der Waals surface area contributed by atoms with Gasteiger partial charge in [0.2, 0.25) is 5.91 Å². The lowest BCUT2D eigenvalue weighted by atomic mass is 10.1. The fourth-order valence-corrected chi connectivity index (χ4v) is 3.27. The topological polar surface area (TPSA) is 35.6 Å². The van der Waals surface area contributed by atoms with Crippen LogP contribution >= 0.6 is 0 Å². The summed E-state index contributed by atoms with van der Waals surface area (Å²) in [5.74, 6) is -0.563. The lowest BCUT2D eigenvalue weighted by Gasteiger charge is -2.37. The molecule has 2 aromatic rings. The van der Waals surface area contributed by atoms with E-state index in [1.807, 2.05) is 13.0 Å². The van der Waals surface area contributed by atoms with E-state index in [9.17, 15) is 9.18 Å². The number of piperazine rings is 1. The van der Waals surface area contributed by atoms with Crippen molar-refractivity contribution in [2.75, 3.05) is 38.0 Å². The number of amides is 1. The maximum atomic E-state index is 13.7. The molecule has 0 aromatic heterocycles. The number of hydrogen-bond donors (Lipinski definition) is 1. The lowest BCUT2D eigenvalue weighted by molar-refractivity contribution is -0.121. The van der Waals surface area contributed by atoms with Gasteiger partial charge in [0.25, 0.3) is 0 Å². The zero-order chi connectivity index (χ0) is 18.4. The van der Waals surface area contributed by atoms with E-state index in [1.165, 1.54) is 11.6 Å². The second kappa shape index (κ2) is 8.92. The van der Waals surface area contributed by atoms with E-state index in [0.29, 0.717) is 0 Å². The number of carbonyl (C=O) groups is 1. The van der Waals surface area contributed by atoms with Crippen LogP contribution in [0.3, 0.4) is 0 Å². The summed E-state index contributed by atoms with van der Waals surface area (Å²) in [4.78, 5) is 17.0. The number of rotatable bonds is 6. The maximum absolute atomic E-state index is 13.7. The molecule has 1 saturated heterocycles. The predicted octanol–water partition coefficient (Wildman–Crippen LogP) is 3.01. The highest BCUT2D eigenvalue weighted by Gasteiger charge is 2.25. The molecule has 0 radical (unpaired) electrons. The van der Waals surface area contributed by atoms with Gasteiger partial charge in [-0.25, -0.2) is 4.39 Å². The Morgan fingerprint density at radius 3 is 2.38 bits per heavy atom. The number of hydrogen-bond acceptors (Lipinski definition) is 3. The highest BCUT2D eigenvalue weighted by Crippen LogP contribution is 2.14. The minimum absolute atomic E-state index is 0.159. The van der Waals surface area contributed by atoms with Crippen LogP contribution in [0.1, 0.15) is 12.5 Å². The quantitative estimate of drug-likeness (QED) is 0.865. The molecule has 26 heavy (non-hydrogen) atoms. The van der Waals surface area contributed by atoms with Crippen molar-refractivity contribution in [1.29, 1.82) is 0 Å². The molecule has 3 rings (SSSR count). The predicted molar refractivity (Wildman–Crippen MR) is 103 cm³/mol. The van der Waals surface area contributed by atoms with Crippen molar-refractivity contribution in [3.8, 4) is 0 Å². The van der Waals surface area contributed by atoms with Gasteiger partial charge in [0.05, 0.1) is 11.7 Å². The molecule has 1 N–H and O–H groups in total. The van der Waals surface area contributed by atoms with E-state index < -0.39 is 5.82 Å². The van der Waals surface area contributed by atoms with Gasteiger partial charge in [-0.3, -0.25) is 9.69 Å². The van der Waals surface area contributed by atoms with Crippen molar-refractivity contribution in [3.63, 3.8) is 0 Å². The van der Waals surface area contributed by atoms with Gasteiger partial charge in [-0.1, -0.05) is 42.5 Å². The van der Waals surface area contributed by atoms with Gasteiger partial charge in [0, 0.05) is 32.7 Å². The first-order valence-corrected chi connectivity index (χ1v) is 9.19. The second-order valence-electron chi connectivity index (χ2n) is 6.76. The molecular weight excluding hydrogens is 329 g/mol. The Labute approximate surface area is 154 Å². The van der Waals surface area contributed by atoms with E-state index >= 15 is 0 Å². The Morgan fingerprint density at radius 2 is 1.69 bits per heavy atom. The SMILES string of the molecule is C[C@H](C(=O)Nc1ccccc1F)N1CCN(CCc2ccccc2)CC1. The summed E-state index contributed by atoms with van der Waals surface area (Å²) in [6, 6.07) is 16.5. The van der Waals surface area contributed by atoms with Crippen LogP contribution in [0.2, 0.25) is 0 Å². The van der Waals surface area contributed by atoms with Crippen LogP contribution in [0.25, 0.3) is 0 Å². The van der Waals surface area contributed by atoms with E-state index in [2.05, 4.69) is 39.4 Å². The van der Waals surface area contributed by atoms with E-state index in [1.54, 1.807) is 18.2 Å². The molecule has 1 fully saturated rings. The molecular formula is C21H26FN3O. The van der Waals surface area contributed by atoms with Crippen LogP contribution in [-0.2, 0) is 11.2 Å². The molecule has 138 valence electrons. The minimum atomic E-state index is -0.404. The summed E-state index contributed by atoms with van der Waals surface area (Å²) in [6.45, 7) is 6.51. The van der Waals surface area contributed by atoms with Gasteiger partial charge in [0.1, 0.15) is 5.82 Å². The summed E-state index contributed by atoms with van der Waals surface area (Å²) in [7, 11) is 0. The molecule has 1 amide bonds. The highest BCUT2D eigenvalue weighted by atomic mass is 19.1. The molecule has 0 aliphatic carbocycles. The Morgan fingerprint density at radius 1 is 1.04 bits per heavy atom. The van der Waals surface area contributed by atoms with Crippen LogP contribution < -0.4 is 5.32 Å². The number of benzene rings is 2. The van der Waals surface area contributed by atoms with Crippen LogP contribution in [0.5, 0.6) is 0 Å². The van der Waals surface area contributed by atoms with Gasteiger partial charge in [-0.2, -0.15) is 0 Å². The maximum Gasteiger partial charge on any atom is 0.241 e. The van der Waals surface area contributed by atoms with Crippen LogP contribution in [0.4, 0.5) is 10.1 Å². The van der Waals surface area contributed by atoms with Crippen molar-refractivity contribution < 1.29 is 9.18 Å². The number of halogens is 1. The summed E-state index contributed by atoms with van der Waals surface area (Å²) in [5, 5.41) is 2.70. The van der Waals surface area contributed by atoms with Crippen LogP contribution in [0, 0.1) is 5.82 Å². The highest BCUT2D eigenvalue weighted by molar-refractivity contribution is 5.94. The molecule has 0 bridgehead atoms. The average molecular weight is 355 g/mol. The molecule has 0 unspecified atom stereocenters. The van der Waals surface area contributed by atoms with Crippen molar-refractivity contribution in [1.82, 2.24) is 9.80 Å². The minimum Gasteiger partial charge on any atom is -0.322 e. The fourth-order valence-electron chi connectivity index (χ4n) is 3.27. The van der Waals surface area contributed by atoms with Crippen molar-refractivity contribution in [3.05, 3.63) is 66.0 Å².